The number of thiophene rings is 1. The monoisotopic (exact) mass is 332 g/mol. The molecule has 1 fully saturated rings. The molecule has 0 bridgehead atoms. The largest absolute Gasteiger partial charge is 0.497 e. The van der Waals surface area contributed by atoms with E-state index >= 15 is 0 Å². The van der Waals surface area contributed by atoms with Crippen molar-refractivity contribution in [2.24, 2.45) is 0 Å². The standard InChI is InChI=1S/C18H17ClO2S/c1-21-14-5-2-4-12(11-14)10-13-7-8-15(17(19)18(13)20)16-6-3-9-22-16/h2-6,9-11,15,17H,7-8H2,1H3. The minimum Gasteiger partial charge on any atom is -0.497 e. The molecule has 1 aliphatic rings. The van der Waals surface area contributed by atoms with Crippen molar-refractivity contribution in [3.05, 3.63) is 57.8 Å². The number of alkyl halides is 1. The van der Waals surface area contributed by atoms with Gasteiger partial charge in [0.2, 0.25) is 0 Å². The first-order chi connectivity index (χ1) is 10.7. The fourth-order valence-corrected chi connectivity index (χ4v) is 4.18. The van der Waals surface area contributed by atoms with E-state index in [0.29, 0.717) is 0 Å². The number of carbonyl (C=O) groups excluding carboxylic acids is 1. The zero-order valence-electron chi connectivity index (χ0n) is 12.3. The van der Waals surface area contributed by atoms with Crippen molar-refractivity contribution >= 4 is 34.8 Å². The van der Waals surface area contributed by atoms with Gasteiger partial charge in [0, 0.05) is 10.8 Å². The molecule has 2 nitrogen and oxygen atoms in total. The lowest BCUT2D eigenvalue weighted by atomic mass is 9.83. The van der Waals surface area contributed by atoms with Gasteiger partial charge in [-0.2, -0.15) is 0 Å². The number of Topliss-reactive ketones (excluding diaryl/α,β-unsaturated/α-hetero) is 1. The molecule has 1 heterocycles. The average molecular weight is 333 g/mol. The van der Waals surface area contributed by atoms with Gasteiger partial charge in [0.15, 0.2) is 5.78 Å². The zero-order valence-corrected chi connectivity index (χ0v) is 13.9. The van der Waals surface area contributed by atoms with Gasteiger partial charge in [-0.15, -0.1) is 22.9 Å². The predicted octanol–water partition coefficient (Wildman–Crippen LogP) is 4.89. The SMILES string of the molecule is COc1cccc(C=C2CCC(c3cccs3)C(Cl)C2=O)c1. The smallest absolute Gasteiger partial charge is 0.177 e. The molecule has 4 heteroatoms. The van der Waals surface area contributed by atoms with E-state index < -0.39 is 5.38 Å². The molecule has 0 spiro atoms. The van der Waals surface area contributed by atoms with Crippen LogP contribution >= 0.6 is 22.9 Å². The van der Waals surface area contributed by atoms with Gasteiger partial charge in [-0.1, -0.05) is 18.2 Å². The molecule has 0 aliphatic heterocycles. The lowest BCUT2D eigenvalue weighted by Gasteiger charge is -2.27. The first-order valence-corrected chi connectivity index (χ1v) is 8.57. The Morgan fingerprint density at radius 3 is 2.91 bits per heavy atom. The van der Waals surface area contributed by atoms with E-state index in [1.54, 1.807) is 18.4 Å². The minimum atomic E-state index is -0.468. The Kier molecular flexibility index (Phi) is 4.65. The third-order valence-electron chi connectivity index (χ3n) is 3.99. The molecule has 1 aromatic carbocycles. The van der Waals surface area contributed by atoms with Crippen LogP contribution in [0.25, 0.3) is 6.08 Å². The molecule has 1 aliphatic carbocycles. The van der Waals surface area contributed by atoms with Crippen molar-refractivity contribution in [3.63, 3.8) is 0 Å². The van der Waals surface area contributed by atoms with Crippen LogP contribution in [0.15, 0.2) is 47.4 Å². The second-order valence-corrected chi connectivity index (χ2v) is 6.82. The highest BCUT2D eigenvalue weighted by Gasteiger charge is 2.34. The summed E-state index contributed by atoms with van der Waals surface area (Å²) in [5, 5.41) is 1.56. The van der Waals surface area contributed by atoms with Gasteiger partial charge in [0.05, 0.1) is 7.11 Å². The molecule has 2 unspecified atom stereocenters. The van der Waals surface area contributed by atoms with Crippen LogP contribution in [0.4, 0.5) is 0 Å². The normalized spacial score (nSPS) is 23.7. The molecule has 2 atom stereocenters. The van der Waals surface area contributed by atoms with E-state index in [9.17, 15) is 4.79 Å². The van der Waals surface area contributed by atoms with Gasteiger partial charge >= 0.3 is 0 Å². The fourth-order valence-electron chi connectivity index (χ4n) is 2.80. The maximum absolute atomic E-state index is 12.6. The van der Waals surface area contributed by atoms with E-state index in [0.717, 1.165) is 29.7 Å². The summed E-state index contributed by atoms with van der Waals surface area (Å²) >= 11 is 8.11. The molecule has 1 saturated carbocycles. The molecule has 114 valence electrons. The summed E-state index contributed by atoms with van der Waals surface area (Å²) in [6, 6.07) is 11.8. The summed E-state index contributed by atoms with van der Waals surface area (Å²) in [7, 11) is 1.64. The Morgan fingerprint density at radius 1 is 1.32 bits per heavy atom. The van der Waals surface area contributed by atoms with Crippen molar-refractivity contribution < 1.29 is 9.53 Å². The first-order valence-electron chi connectivity index (χ1n) is 7.25. The van der Waals surface area contributed by atoms with Crippen LogP contribution in [-0.4, -0.2) is 18.3 Å². The fraction of sp³-hybridized carbons (Fsp3) is 0.278. The third kappa shape index (κ3) is 3.11. The number of carbonyl (C=O) groups is 1. The second-order valence-electron chi connectivity index (χ2n) is 5.37. The number of hydrogen-bond donors (Lipinski definition) is 0. The molecule has 0 saturated heterocycles. The maximum Gasteiger partial charge on any atom is 0.177 e. The molecular weight excluding hydrogens is 316 g/mol. The minimum absolute atomic E-state index is 0.0501. The number of allylic oxidation sites excluding steroid dienone is 1. The Labute approximate surface area is 139 Å². The summed E-state index contributed by atoms with van der Waals surface area (Å²) in [6.45, 7) is 0. The van der Waals surface area contributed by atoms with Gasteiger partial charge in [0.25, 0.3) is 0 Å². The maximum atomic E-state index is 12.6. The molecule has 2 aromatic rings. The van der Waals surface area contributed by atoms with Crippen LogP contribution in [0.1, 0.15) is 29.2 Å². The molecule has 0 amide bonds. The van der Waals surface area contributed by atoms with Crippen LogP contribution < -0.4 is 4.74 Å². The lowest BCUT2D eigenvalue weighted by molar-refractivity contribution is -0.116. The van der Waals surface area contributed by atoms with Crippen molar-refractivity contribution in [2.75, 3.05) is 7.11 Å². The Balaban J connectivity index is 1.82. The number of methoxy groups -OCH3 is 1. The zero-order chi connectivity index (χ0) is 15.5. The van der Waals surface area contributed by atoms with Crippen molar-refractivity contribution in [2.45, 2.75) is 24.1 Å². The number of halogens is 1. The van der Waals surface area contributed by atoms with Crippen LogP contribution in [-0.2, 0) is 4.79 Å². The predicted molar refractivity (Wildman–Crippen MR) is 91.9 cm³/mol. The highest BCUT2D eigenvalue weighted by molar-refractivity contribution is 7.10. The van der Waals surface area contributed by atoms with Crippen LogP contribution in [0.2, 0.25) is 0 Å². The third-order valence-corrected chi connectivity index (χ3v) is 5.49. The van der Waals surface area contributed by atoms with Crippen molar-refractivity contribution in [1.82, 2.24) is 0 Å². The molecule has 3 rings (SSSR count). The summed E-state index contributed by atoms with van der Waals surface area (Å²) in [4.78, 5) is 13.8. The number of rotatable bonds is 3. The number of ether oxygens (including phenoxy) is 1. The Hall–Kier alpha value is -1.58. The molecule has 0 N–H and O–H groups in total. The van der Waals surface area contributed by atoms with Gasteiger partial charge in [-0.25, -0.2) is 0 Å². The first kappa shape index (κ1) is 15.3. The van der Waals surface area contributed by atoms with E-state index in [1.165, 1.54) is 4.88 Å². The highest BCUT2D eigenvalue weighted by atomic mass is 35.5. The highest BCUT2D eigenvalue weighted by Crippen LogP contribution is 2.39. The summed E-state index contributed by atoms with van der Waals surface area (Å²) in [5.41, 5.74) is 1.78. The summed E-state index contributed by atoms with van der Waals surface area (Å²) in [5.74, 6) is 0.974. The molecule has 22 heavy (non-hydrogen) atoms. The van der Waals surface area contributed by atoms with E-state index in [-0.39, 0.29) is 11.7 Å². The van der Waals surface area contributed by atoms with Crippen LogP contribution in [0.3, 0.4) is 0 Å². The lowest BCUT2D eigenvalue weighted by Crippen LogP contribution is -2.29. The van der Waals surface area contributed by atoms with Gasteiger partial charge in [-0.05, 0) is 53.6 Å². The van der Waals surface area contributed by atoms with Crippen molar-refractivity contribution in [1.29, 1.82) is 0 Å². The van der Waals surface area contributed by atoms with Gasteiger partial charge in [-0.3, -0.25) is 4.79 Å². The summed E-state index contributed by atoms with van der Waals surface area (Å²) in [6.07, 6.45) is 3.61. The molecule has 1 aromatic heterocycles. The van der Waals surface area contributed by atoms with Gasteiger partial charge < -0.3 is 4.74 Å². The Morgan fingerprint density at radius 2 is 2.18 bits per heavy atom. The molecule has 0 radical (unpaired) electrons. The van der Waals surface area contributed by atoms with Crippen LogP contribution in [0, 0.1) is 0 Å². The number of benzene rings is 1. The number of hydrogen-bond acceptors (Lipinski definition) is 3. The van der Waals surface area contributed by atoms with Gasteiger partial charge in [0.1, 0.15) is 11.1 Å². The quantitative estimate of drug-likeness (QED) is 0.590. The number of ketones is 1. The van der Waals surface area contributed by atoms with E-state index in [4.69, 9.17) is 16.3 Å². The van der Waals surface area contributed by atoms with Crippen molar-refractivity contribution in [3.8, 4) is 5.75 Å². The average Bonchev–Trinajstić information content (AvgIpc) is 3.06. The van der Waals surface area contributed by atoms with E-state index in [1.807, 2.05) is 41.8 Å². The topological polar surface area (TPSA) is 26.3 Å². The Bertz CT molecular complexity index is 691. The van der Waals surface area contributed by atoms with E-state index in [2.05, 4.69) is 6.07 Å². The molecular formula is C18H17ClO2S. The van der Waals surface area contributed by atoms with Crippen LogP contribution in [0.5, 0.6) is 5.75 Å². The second kappa shape index (κ2) is 6.67. The summed E-state index contributed by atoms with van der Waals surface area (Å²) < 4.78 is 5.22.